The monoisotopic (exact) mass is 170 g/mol. The van der Waals surface area contributed by atoms with E-state index in [0.717, 1.165) is 11.1 Å². The second-order valence-corrected chi connectivity index (χ2v) is 2.92. The van der Waals surface area contributed by atoms with Crippen LogP contribution in [-0.2, 0) is 0 Å². The van der Waals surface area contributed by atoms with E-state index >= 15 is 0 Å². The molecular weight excluding hydrogens is 160 g/mol. The molecule has 1 N–H and O–H groups in total. The minimum Gasteiger partial charge on any atom is -0.507 e. The number of hydrogen-bond acceptors (Lipinski definition) is 1. The van der Waals surface area contributed by atoms with Crippen LogP contribution in [0.2, 0.25) is 0 Å². The molecule has 0 unspecified atom stereocenters. The van der Waals surface area contributed by atoms with E-state index in [1.54, 1.807) is 6.07 Å². The SMILES string of the molecule is Oc1ccccc1C=C1C=CC=C1. The van der Waals surface area contributed by atoms with Crippen molar-refractivity contribution in [1.82, 2.24) is 0 Å². The second-order valence-electron chi connectivity index (χ2n) is 2.92. The zero-order valence-corrected chi connectivity index (χ0v) is 7.14. The lowest BCUT2D eigenvalue weighted by Crippen LogP contribution is -1.74. The molecule has 0 aliphatic heterocycles. The van der Waals surface area contributed by atoms with E-state index < -0.39 is 0 Å². The van der Waals surface area contributed by atoms with Gasteiger partial charge >= 0.3 is 0 Å². The average molecular weight is 170 g/mol. The Morgan fingerprint density at radius 2 is 1.69 bits per heavy atom. The standard InChI is InChI=1S/C12H10O/c13-12-8-4-3-7-11(12)9-10-5-1-2-6-10/h1-9,13H. The van der Waals surface area contributed by atoms with E-state index in [2.05, 4.69) is 0 Å². The smallest absolute Gasteiger partial charge is 0.122 e. The van der Waals surface area contributed by atoms with Crippen molar-refractivity contribution >= 4 is 6.08 Å². The van der Waals surface area contributed by atoms with E-state index in [1.165, 1.54) is 0 Å². The van der Waals surface area contributed by atoms with Gasteiger partial charge in [-0.1, -0.05) is 42.5 Å². The summed E-state index contributed by atoms with van der Waals surface area (Å²) in [6, 6.07) is 7.31. The molecule has 2 rings (SSSR count). The molecule has 0 spiro atoms. The van der Waals surface area contributed by atoms with Crippen molar-refractivity contribution in [2.24, 2.45) is 0 Å². The van der Waals surface area contributed by atoms with Crippen molar-refractivity contribution in [2.75, 3.05) is 0 Å². The number of phenolic OH excluding ortho intramolecular Hbond substituents is 1. The summed E-state index contributed by atoms with van der Waals surface area (Å²) in [5.74, 6) is 0.323. The van der Waals surface area contributed by atoms with Crippen LogP contribution in [0.4, 0.5) is 0 Å². The Morgan fingerprint density at radius 3 is 2.38 bits per heavy atom. The Kier molecular flexibility index (Phi) is 2.01. The summed E-state index contributed by atoms with van der Waals surface area (Å²) in [6.45, 7) is 0. The zero-order valence-electron chi connectivity index (χ0n) is 7.14. The van der Waals surface area contributed by atoms with Gasteiger partial charge in [-0.3, -0.25) is 0 Å². The van der Waals surface area contributed by atoms with Crippen molar-refractivity contribution in [3.63, 3.8) is 0 Å². The number of allylic oxidation sites excluding steroid dienone is 5. The van der Waals surface area contributed by atoms with Crippen LogP contribution >= 0.6 is 0 Å². The summed E-state index contributed by atoms with van der Waals surface area (Å²) in [7, 11) is 0. The fourth-order valence-electron chi connectivity index (χ4n) is 1.27. The summed E-state index contributed by atoms with van der Waals surface area (Å²) in [6.07, 6.45) is 9.92. The van der Waals surface area contributed by atoms with E-state index in [4.69, 9.17) is 0 Å². The molecule has 0 atom stereocenters. The largest absolute Gasteiger partial charge is 0.507 e. The molecule has 1 aromatic rings. The summed E-state index contributed by atoms with van der Waals surface area (Å²) < 4.78 is 0. The third kappa shape index (κ3) is 1.70. The topological polar surface area (TPSA) is 20.2 Å². The number of benzene rings is 1. The van der Waals surface area contributed by atoms with Gasteiger partial charge in [0.1, 0.15) is 5.75 Å². The molecule has 0 bridgehead atoms. The molecule has 1 aliphatic carbocycles. The lowest BCUT2D eigenvalue weighted by Gasteiger charge is -1.97. The highest BCUT2D eigenvalue weighted by molar-refractivity contribution is 5.65. The number of phenols is 1. The highest BCUT2D eigenvalue weighted by Crippen LogP contribution is 2.20. The minimum atomic E-state index is 0.323. The fraction of sp³-hybridized carbons (Fsp3) is 0. The van der Waals surface area contributed by atoms with Crippen LogP contribution in [0.1, 0.15) is 5.56 Å². The molecule has 0 saturated heterocycles. The molecule has 1 aromatic carbocycles. The molecule has 0 amide bonds. The normalized spacial score (nSPS) is 13.7. The van der Waals surface area contributed by atoms with E-state index in [9.17, 15) is 5.11 Å². The fourth-order valence-corrected chi connectivity index (χ4v) is 1.27. The Hall–Kier alpha value is -1.76. The molecular formula is C12H10O. The van der Waals surface area contributed by atoms with Crippen molar-refractivity contribution < 1.29 is 5.11 Å². The molecule has 1 aliphatic rings. The van der Waals surface area contributed by atoms with E-state index in [-0.39, 0.29) is 0 Å². The van der Waals surface area contributed by atoms with Gasteiger partial charge in [0.25, 0.3) is 0 Å². The van der Waals surface area contributed by atoms with Gasteiger partial charge in [0.2, 0.25) is 0 Å². The van der Waals surface area contributed by atoms with Gasteiger partial charge in [0.05, 0.1) is 0 Å². The highest BCUT2D eigenvalue weighted by Gasteiger charge is 1.97. The molecule has 0 aromatic heterocycles. The second kappa shape index (κ2) is 3.31. The Morgan fingerprint density at radius 1 is 1.00 bits per heavy atom. The maximum Gasteiger partial charge on any atom is 0.122 e. The predicted octanol–water partition coefficient (Wildman–Crippen LogP) is 2.90. The molecule has 0 radical (unpaired) electrons. The first-order chi connectivity index (χ1) is 6.36. The summed E-state index contributed by atoms with van der Waals surface area (Å²) in [4.78, 5) is 0. The number of hydrogen-bond donors (Lipinski definition) is 1. The van der Waals surface area contributed by atoms with Gasteiger partial charge in [-0.2, -0.15) is 0 Å². The van der Waals surface area contributed by atoms with Crippen molar-refractivity contribution in [1.29, 1.82) is 0 Å². The highest BCUT2D eigenvalue weighted by atomic mass is 16.3. The number of aromatic hydroxyl groups is 1. The van der Waals surface area contributed by atoms with Crippen LogP contribution in [-0.4, -0.2) is 5.11 Å². The number of rotatable bonds is 1. The van der Waals surface area contributed by atoms with Crippen LogP contribution in [0.25, 0.3) is 6.08 Å². The molecule has 0 saturated carbocycles. The third-order valence-electron chi connectivity index (χ3n) is 1.95. The summed E-state index contributed by atoms with van der Waals surface area (Å²) in [5.41, 5.74) is 1.97. The number of para-hydroxylation sites is 1. The van der Waals surface area contributed by atoms with Gasteiger partial charge < -0.3 is 5.11 Å². The van der Waals surface area contributed by atoms with Crippen molar-refractivity contribution in [2.45, 2.75) is 0 Å². The van der Waals surface area contributed by atoms with Crippen LogP contribution in [0.15, 0.2) is 54.1 Å². The Balaban J connectivity index is 2.37. The maximum absolute atomic E-state index is 9.48. The van der Waals surface area contributed by atoms with Crippen LogP contribution in [0.3, 0.4) is 0 Å². The molecule has 1 nitrogen and oxygen atoms in total. The van der Waals surface area contributed by atoms with Gasteiger partial charge in [0, 0.05) is 5.56 Å². The Bertz CT molecular complexity index is 383. The van der Waals surface area contributed by atoms with E-state index in [0.29, 0.717) is 5.75 Å². The first-order valence-corrected chi connectivity index (χ1v) is 4.21. The summed E-state index contributed by atoms with van der Waals surface area (Å²) in [5, 5.41) is 9.48. The summed E-state index contributed by atoms with van der Waals surface area (Å²) >= 11 is 0. The first kappa shape index (κ1) is 7.87. The molecule has 1 heteroatoms. The Labute approximate surface area is 77.3 Å². The molecule has 0 fully saturated rings. The van der Waals surface area contributed by atoms with Gasteiger partial charge in [-0.15, -0.1) is 0 Å². The van der Waals surface area contributed by atoms with Gasteiger partial charge in [0.15, 0.2) is 0 Å². The quantitative estimate of drug-likeness (QED) is 0.687. The first-order valence-electron chi connectivity index (χ1n) is 4.21. The lowest BCUT2D eigenvalue weighted by molar-refractivity contribution is 0.474. The molecule has 0 heterocycles. The van der Waals surface area contributed by atoms with Crippen molar-refractivity contribution in [3.05, 3.63) is 59.7 Å². The van der Waals surface area contributed by atoms with Gasteiger partial charge in [-0.25, -0.2) is 0 Å². The lowest BCUT2D eigenvalue weighted by atomic mass is 10.1. The predicted molar refractivity (Wildman–Crippen MR) is 54.4 cm³/mol. The zero-order chi connectivity index (χ0) is 9.10. The van der Waals surface area contributed by atoms with Crippen LogP contribution < -0.4 is 0 Å². The molecule has 64 valence electrons. The average Bonchev–Trinajstić information content (AvgIpc) is 2.61. The van der Waals surface area contributed by atoms with Crippen LogP contribution in [0.5, 0.6) is 5.75 Å². The third-order valence-corrected chi connectivity index (χ3v) is 1.95. The van der Waals surface area contributed by atoms with Gasteiger partial charge in [-0.05, 0) is 17.7 Å². The maximum atomic E-state index is 9.48. The minimum absolute atomic E-state index is 0.323. The molecule has 13 heavy (non-hydrogen) atoms. The van der Waals surface area contributed by atoms with E-state index in [1.807, 2.05) is 48.6 Å². The van der Waals surface area contributed by atoms with Crippen LogP contribution in [0, 0.1) is 0 Å². The van der Waals surface area contributed by atoms with Crippen molar-refractivity contribution in [3.8, 4) is 5.75 Å².